The van der Waals surface area contributed by atoms with Crippen molar-refractivity contribution in [3.63, 3.8) is 0 Å². The molecule has 0 unspecified atom stereocenters. The summed E-state index contributed by atoms with van der Waals surface area (Å²) >= 11 is 0. The molecule has 148 valence electrons. The number of halogens is 3. The fraction of sp³-hybridized carbons (Fsp3) is 0.250. The number of benzene rings is 2. The van der Waals surface area contributed by atoms with Gasteiger partial charge in [-0.3, -0.25) is 4.79 Å². The lowest BCUT2D eigenvalue weighted by atomic mass is 10.0. The van der Waals surface area contributed by atoms with E-state index >= 15 is 0 Å². The average Bonchev–Trinajstić information content (AvgIpc) is 2.66. The molecular formula is C20H17F3O5. The molecule has 8 heteroatoms. The molecule has 0 radical (unpaired) electrons. The van der Waals surface area contributed by atoms with Gasteiger partial charge in [0.1, 0.15) is 11.3 Å². The van der Waals surface area contributed by atoms with Crippen molar-refractivity contribution in [2.45, 2.75) is 13.1 Å². The summed E-state index contributed by atoms with van der Waals surface area (Å²) in [5, 5.41) is 0.0150. The first kappa shape index (κ1) is 19.6. The van der Waals surface area contributed by atoms with E-state index in [1.165, 1.54) is 50.6 Å². The quantitative estimate of drug-likeness (QED) is 0.616. The van der Waals surface area contributed by atoms with E-state index in [2.05, 4.69) is 0 Å². The molecule has 2 aromatic carbocycles. The van der Waals surface area contributed by atoms with Gasteiger partial charge in [-0.05, 0) is 36.8 Å². The largest absolute Gasteiger partial charge is 0.494 e. The second-order valence-electron chi connectivity index (χ2n) is 5.79. The molecule has 0 bridgehead atoms. The second kappa shape index (κ2) is 7.46. The average molecular weight is 394 g/mol. The Hall–Kier alpha value is -3.16. The van der Waals surface area contributed by atoms with Gasteiger partial charge < -0.3 is 18.6 Å². The number of alkyl halides is 3. The molecule has 3 aromatic rings. The van der Waals surface area contributed by atoms with Crippen molar-refractivity contribution >= 4 is 11.0 Å². The lowest BCUT2D eigenvalue weighted by Gasteiger charge is -2.15. The van der Waals surface area contributed by atoms with Gasteiger partial charge in [-0.2, -0.15) is 13.2 Å². The zero-order valence-electron chi connectivity index (χ0n) is 15.3. The van der Waals surface area contributed by atoms with Gasteiger partial charge in [-0.1, -0.05) is 6.07 Å². The number of hydrogen-bond donors (Lipinski definition) is 0. The molecule has 0 aliphatic carbocycles. The van der Waals surface area contributed by atoms with Gasteiger partial charge in [0.05, 0.1) is 31.8 Å². The predicted molar refractivity (Wildman–Crippen MR) is 97.2 cm³/mol. The van der Waals surface area contributed by atoms with Crippen LogP contribution in [0.1, 0.15) is 12.7 Å². The molecule has 1 heterocycles. The van der Waals surface area contributed by atoms with Crippen molar-refractivity contribution in [2.24, 2.45) is 0 Å². The van der Waals surface area contributed by atoms with Gasteiger partial charge in [0.25, 0.3) is 0 Å². The number of hydrogen-bond acceptors (Lipinski definition) is 5. The summed E-state index contributed by atoms with van der Waals surface area (Å²) in [6.07, 6.45) is -4.88. The zero-order valence-corrected chi connectivity index (χ0v) is 15.3. The molecular weight excluding hydrogens is 377 g/mol. The summed E-state index contributed by atoms with van der Waals surface area (Å²) in [7, 11) is 2.75. The van der Waals surface area contributed by atoms with Crippen LogP contribution in [0.4, 0.5) is 13.2 Å². The van der Waals surface area contributed by atoms with Gasteiger partial charge in [-0.15, -0.1) is 0 Å². The first-order valence-electron chi connectivity index (χ1n) is 8.33. The monoisotopic (exact) mass is 394 g/mol. The van der Waals surface area contributed by atoms with Gasteiger partial charge in [0.15, 0.2) is 11.5 Å². The predicted octanol–water partition coefficient (Wildman–Crippen LogP) is 4.89. The minimum atomic E-state index is -4.88. The Balaban J connectivity index is 2.34. The molecule has 0 amide bonds. The summed E-state index contributed by atoms with van der Waals surface area (Å²) in [6, 6.07) is 8.25. The Kier molecular flexibility index (Phi) is 5.22. The Morgan fingerprint density at radius 3 is 2.32 bits per heavy atom. The van der Waals surface area contributed by atoms with Crippen molar-refractivity contribution < 1.29 is 31.8 Å². The Morgan fingerprint density at radius 1 is 1.00 bits per heavy atom. The molecule has 0 atom stereocenters. The van der Waals surface area contributed by atoms with Gasteiger partial charge >= 0.3 is 6.18 Å². The molecule has 0 saturated heterocycles. The smallest absolute Gasteiger partial charge is 0.450 e. The van der Waals surface area contributed by atoms with Crippen LogP contribution in [0, 0.1) is 0 Å². The topological polar surface area (TPSA) is 57.9 Å². The van der Waals surface area contributed by atoms with Crippen molar-refractivity contribution in [3.8, 4) is 28.4 Å². The fourth-order valence-corrected chi connectivity index (χ4v) is 2.88. The maximum atomic E-state index is 13.7. The highest BCUT2D eigenvalue weighted by atomic mass is 19.4. The summed E-state index contributed by atoms with van der Waals surface area (Å²) in [6.45, 7) is 2.06. The van der Waals surface area contributed by atoms with Crippen LogP contribution in [-0.2, 0) is 6.18 Å². The van der Waals surface area contributed by atoms with Crippen molar-refractivity contribution in [1.29, 1.82) is 0 Å². The highest BCUT2D eigenvalue weighted by molar-refractivity contribution is 5.84. The first-order chi connectivity index (χ1) is 13.3. The lowest BCUT2D eigenvalue weighted by Crippen LogP contribution is -2.16. The van der Waals surface area contributed by atoms with Crippen LogP contribution in [-0.4, -0.2) is 20.8 Å². The second-order valence-corrected chi connectivity index (χ2v) is 5.79. The third-order valence-electron chi connectivity index (χ3n) is 4.10. The summed E-state index contributed by atoms with van der Waals surface area (Å²) < 4.78 is 61.7. The summed E-state index contributed by atoms with van der Waals surface area (Å²) in [5.41, 5.74) is -1.59. The summed E-state index contributed by atoms with van der Waals surface area (Å²) in [4.78, 5) is 12.9. The van der Waals surface area contributed by atoms with Crippen LogP contribution in [0.5, 0.6) is 17.2 Å². The molecule has 0 N–H and O–H groups in total. The standard InChI is InChI=1S/C20H17F3O5/c1-4-27-12-6-7-13-15(10-12)28-19(20(21,22)23)17(18(13)24)11-5-8-14(25-2)16(9-11)26-3/h5-10H,4H2,1-3H3. The molecule has 0 aliphatic rings. The van der Waals surface area contributed by atoms with E-state index in [-0.39, 0.29) is 22.3 Å². The van der Waals surface area contributed by atoms with Gasteiger partial charge in [0.2, 0.25) is 11.2 Å². The minimum absolute atomic E-state index is 0.00881. The van der Waals surface area contributed by atoms with Crippen LogP contribution in [0.25, 0.3) is 22.1 Å². The Labute approximate surface area is 158 Å². The van der Waals surface area contributed by atoms with E-state index in [1.807, 2.05) is 0 Å². The highest BCUT2D eigenvalue weighted by Gasteiger charge is 2.39. The molecule has 0 aliphatic heterocycles. The van der Waals surface area contributed by atoms with Crippen LogP contribution in [0.2, 0.25) is 0 Å². The maximum absolute atomic E-state index is 13.7. The summed E-state index contributed by atoms with van der Waals surface area (Å²) in [5.74, 6) is -0.554. The Bertz CT molecular complexity index is 1070. The number of rotatable bonds is 5. The highest BCUT2D eigenvalue weighted by Crippen LogP contribution is 2.40. The van der Waals surface area contributed by atoms with Crippen LogP contribution < -0.4 is 19.6 Å². The number of ether oxygens (including phenoxy) is 3. The van der Waals surface area contributed by atoms with Crippen molar-refractivity contribution in [3.05, 3.63) is 52.4 Å². The van der Waals surface area contributed by atoms with Crippen LogP contribution in [0.3, 0.4) is 0 Å². The molecule has 0 saturated carbocycles. The lowest BCUT2D eigenvalue weighted by molar-refractivity contribution is -0.152. The van der Waals surface area contributed by atoms with Crippen molar-refractivity contribution in [2.75, 3.05) is 20.8 Å². The molecule has 0 spiro atoms. The van der Waals surface area contributed by atoms with E-state index in [0.717, 1.165) is 0 Å². The van der Waals surface area contributed by atoms with E-state index in [4.69, 9.17) is 18.6 Å². The zero-order chi connectivity index (χ0) is 20.5. The molecule has 5 nitrogen and oxygen atoms in total. The molecule has 0 fully saturated rings. The Morgan fingerprint density at radius 2 is 1.71 bits per heavy atom. The maximum Gasteiger partial charge on any atom is 0.450 e. The third kappa shape index (κ3) is 3.49. The SMILES string of the molecule is CCOc1ccc2c(=O)c(-c3ccc(OC)c(OC)c3)c(C(F)(F)F)oc2c1. The molecule has 3 rings (SSSR count). The number of fused-ring (bicyclic) bond motifs is 1. The van der Waals surface area contributed by atoms with Gasteiger partial charge in [0, 0.05) is 6.07 Å². The molecule has 28 heavy (non-hydrogen) atoms. The van der Waals surface area contributed by atoms with E-state index < -0.39 is 22.9 Å². The van der Waals surface area contributed by atoms with E-state index in [1.54, 1.807) is 6.92 Å². The minimum Gasteiger partial charge on any atom is -0.494 e. The normalized spacial score (nSPS) is 11.5. The number of methoxy groups -OCH3 is 2. The third-order valence-corrected chi connectivity index (χ3v) is 4.10. The van der Waals surface area contributed by atoms with E-state index in [0.29, 0.717) is 18.1 Å². The van der Waals surface area contributed by atoms with Gasteiger partial charge in [-0.25, -0.2) is 0 Å². The van der Waals surface area contributed by atoms with Crippen LogP contribution in [0.15, 0.2) is 45.6 Å². The van der Waals surface area contributed by atoms with Crippen LogP contribution >= 0.6 is 0 Å². The molecule has 1 aromatic heterocycles. The first-order valence-corrected chi connectivity index (χ1v) is 8.33. The van der Waals surface area contributed by atoms with E-state index in [9.17, 15) is 18.0 Å². The van der Waals surface area contributed by atoms with Crippen molar-refractivity contribution in [1.82, 2.24) is 0 Å². The fourth-order valence-electron chi connectivity index (χ4n) is 2.88.